The Bertz CT molecular complexity index is 543. The summed E-state index contributed by atoms with van der Waals surface area (Å²) in [6, 6.07) is 0. The van der Waals surface area contributed by atoms with Crippen LogP contribution in [-0.4, -0.2) is 29.7 Å². The molecule has 2 fully saturated rings. The lowest BCUT2D eigenvalue weighted by Gasteiger charge is -2.27. The fourth-order valence-corrected chi connectivity index (χ4v) is 3.07. The highest BCUT2D eigenvalue weighted by Gasteiger charge is 2.49. The fourth-order valence-electron chi connectivity index (χ4n) is 3.07. The van der Waals surface area contributed by atoms with E-state index in [1.165, 1.54) is 11.9 Å². The maximum Gasteiger partial charge on any atom is 0.232 e. The lowest BCUT2D eigenvalue weighted by Crippen LogP contribution is -2.36. The van der Waals surface area contributed by atoms with Gasteiger partial charge in [-0.05, 0) is 25.3 Å². The van der Waals surface area contributed by atoms with Crippen molar-refractivity contribution < 1.29 is 15.8 Å². The van der Waals surface area contributed by atoms with Crippen LogP contribution in [0.1, 0.15) is 48.4 Å². The Kier molecular flexibility index (Phi) is 10.4. The number of amides is 3. The lowest BCUT2D eigenvalue weighted by molar-refractivity contribution is -0.138. The predicted molar refractivity (Wildman–Crippen MR) is 104 cm³/mol. The summed E-state index contributed by atoms with van der Waals surface area (Å²) in [6.45, 7) is 15.3. The molecular formula is C20H34N2O3. The molecule has 1 N–H and O–H groups in total. The van der Waals surface area contributed by atoms with E-state index in [4.69, 9.17) is 0 Å². The number of imide groups is 1. The standard InChI is InChI=1S/C16H20N2O3.2C2H6.H2/c1-4-5-6-10(2)17-14(19)11-7-8-12-13(9-11)16(21)18(3)15(12)20;2*1-2;/h4-6,11-13H,1-2,7-9H2,3H3,(H,17,19);2*1-2H3;1H/b6-5-;;;. The first-order chi connectivity index (χ1) is 12.0. The van der Waals surface area contributed by atoms with Crippen molar-refractivity contribution in [3.8, 4) is 0 Å². The normalized spacial score (nSPS) is 24.5. The minimum atomic E-state index is -0.344. The van der Waals surface area contributed by atoms with Gasteiger partial charge >= 0.3 is 0 Å². The summed E-state index contributed by atoms with van der Waals surface area (Å²) >= 11 is 0. The van der Waals surface area contributed by atoms with Gasteiger partial charge in [0.2, 0.25) is 17.7 Å². The number of fused-ring (bicyclic) bond motifs is 1. The molecule has 1 saturated heterocycles. The Hall–Kier alpha value is -2.17. The molecule has 0 aromatic heterocycles. The molecule has 1 heterocycles. The Morgan fingerprint density at radius 2 is 1.72 bits per heavy atom. The minimum Gasteiger partial charge on any atom is -0.326 e. The van der Waals surface area contributed by atoms with Gasteiger partial charge in [0.15, 0.2) is 0 Å². The van der Waals surface area contributed by atoms with E-state index < -0.39 is 0 Å². The van der Waals surface area contributed by atoms with Crippen molar-refractivity contribution in [3.63, 3.8) is 0 Å². The Morgan fingerprint density at radius 3 is 2.28 bits per heavy atom. The van der Waals surface area contributed by atoms with Gasteiger partial charge in [-0.15, -0.1) is 0 Å². The number of likely N-dealkylation sites (tertiary alicyclic amines) is 1. The third kappa shape index (κ3) is 5.69. The fraction of sp³-hybridized carbons (Fsp3) is 0.550. The summed E-state index contributed by atoms with van der Waals surface area (Å²) < 4.78 is 0. The van der Waals surface area contributed by atoms with E-state index in [0.717, 1.165) is 0 Å². The number of carbonyl (C=O) groups is 3. The molecule has 3 unspecified atom stereocenters. The molecule has 142 valence electrons. The minimum absolute atomic E-state index is 0. The van der Waals surface area contributed by atoms with E-state index in [1.54, 1.807) is 18.2 Å². The van der Waals surface area contributed by atoms with Gasteiger partial charge in [-0.1, -0.05) is 53.0 Å². The van der Waals surface area contributed by atoms with E-state index in [0.29, 0.717) is 25.0 Å². The largest absolute Gasteiger partial charge is 0.326 e. The van der Waals surface area contributed by atoms with Crippen molar-refractivity contribution in [1.82, 2.24) is 10.2 Å². The van der Waals surface area contributed by atoms with Crippen LogP contribution in [0.3, 0.4) is 0 Å². The number of hydrogen-bond acceptors (Lipinski definition) is 3. The van der Waals surface area contributed by atoms with Gasteiger partial charge in [0, 0.05) is 20.1 Å². The van der Waals surface area contributed by atoms with Gasteiger partial charge in [0.25, 0.3) is 0 Å². The second kappa shape index (κ2) is 11.4. The Morgan fingerprint density at radius 1 is 1.16 bits per heavy atom. The van der Waals surface area contributed by atoms with Gasteiger partial charge < -0.3 is 5.32 Å². The average molecular weight is 351 g/mol. The van der Waals surface area contributed by atoms with Gasteiger partial charge in [0.1, 0.15) is 0 Å². The van der Waals surface area contributed by atoms with Crippen molar-refractivity contribution in [2.75, 3.05) is 7.05 Å². The Labute approximate surface area is 153 Å². The van der Waals surface area contributed by atoms with E-state index in [2.05, 4.69) is 18.5 Å². The van der Waals surface area contributed by atoms with Gasteiger partial charge in [-0.3, -0.25) is 19.3 Å². The van der Waals surface area contributed by atoms with Gasteiger partial charge in [-0.25, -0.2) is 0 Å². The molecule has 0 aromatic rings. The topological polar surface area (TPSA) is 66.5 Å². The molecule has 25 heavy (non-hydrogen) atoms. The average Bonchev–Trinajstić information content (AvgIpc) is 2.87. The summed E-state index contributed by atoms with van der Waals surface area (Å²) in [5, 5.41) is 2.72. The second-order valence-electron chi connectivity index (χ2n) is 5.57. The number of carbonyl (C=O) groups excluding carboxylic acids is 3. The predicted octanol–water partition coefficient (Wildman–Crippen LogP) is 3.69. The molecule has 5 nitrogen and oxygen atoms in total. The van der Waals surface area contributed by atoms with Crippen LogP contribution < -0.4 is 5.32 Å². The highest BCUT2D eigenvalue weighted by Crippen LogP contribution is 2.40. The zero-order chi connectivity index (χ0) is 19.6. The lowest BCUT2D eigenvalue weighted by atomic mass is 9.75. The molecular weight excluding hydrogens is 316 g/mol. The molecule has 1 saturated carbocycles. The maximum atomic E-state index is 12.2. The highest BCUT2D eigenvalue weighted by molar-refractivity contribution is 6.05. The van der Waals surface area contributed by atoms with E-state index >= 15 is 0 Å². The zero-order valence-electron chi connectivity index (χ0n) is 16.2. The SMILES string of the molecule is C=C/C=C\C(=C)NC(=O)C1CCC2C(=O)N(C)C(=O)C2C1.CC.CC.[HH]. The van der Waals surface area contributed by atoms with Crippen molar-refractivity contribution in [3.05, 3.63) is 37.1 Å². The molecule has 0 aromatic carbocycles. The summed E-state index contributed by atoms with van der Waals surface area (Å²) in [4.78, 5) is 37.3. The zero-order valence-corrected chi connectivity index (χ0v) is 16.2. The second-order valence-corrected chi connectivity index (χ2v) is 5.57. The first-order valence-corrected chi connectivity index (χ1v) is 9.06. The quantitative estimate of drug-likeness (QED) is 0.621. The number of nitrogens with zero attached hydrogens (tertiary/aromatic N) is 1. The molecule has 3 amide bonds. The summed E-state index contributed by atoms with van der Waals surface area (Å²) in [7, 11) is 1.51. The van der Waals surface area contributed by atoms with E-state index in [9.17, 15) is 14.4 Å². The van der Waals surface area contributed by atoms with Crippen LogP contribution >= 0.6 is 0 Å². The molecule has 2 aliphatic rings. The molecule has 2 rings (SSSR count). The van der Waals surface area contributed by atoms with Crippen LogP contribution in [0.25, 0.3) is 0 Å². The first-order valence-electron chi connectivity index (χ1n) is 9.06. The number of nitrogens with one attached hydrogen (secondary N) is 1. The van der Waals surface area contributed by atoms with Crippen LogP contribution in [0.4, 0.5) is 0 Å². The van der Waals surface area contributed by atoms with Crippen LogP contribution in [0.2, 0.25) is 0 Å². The summed E-state index contributed by atoms with van der Waals surface area (Å²) in [5.41, 5.74) is 0.493. The van der Waals surface area contributed by atoms with Crippen molar-refractivity contribution in [1.29, 1.82) is 0 Å². The molecule has 0 spiro atoms. The third-order valence-electron chi connectivity index (χ3n) is 4.23. The number of rotatable bonds is 4. The first kappa shape index (κ1) is 22.8. The smallest absolute Gasteiger partial charge is 0.232 e. The maximum absolute atomic E-state index is 12.2. The van der Waals surface area contributed by atoms with Crippen molar-refractivity contribution in [2.24, 2.45) is 17.8 Å². The van der Waals surface area contributed by atoms with Crippen molar-refractivity contribution >= 4 is 17.7 Å². The molecule has 3 atom stereocenters. The highest BCUT2D eigenvalue weighted by atomic mass is 16.2. The van der Waals surface area contributed by atoms with Gasteiger partial charge in [0.05, 0.1) is 11.8 Å². The van der Waals surface area contributed by atoms with E-state index in [1.807, 2.05) is 27.7 Å². The molecule has 0 bridgehead atoms. The van der Waals surface area contributed by atoms with E-state index in [-0.39, 0.29) is 36.9 Å². The monoisotopic (exact) mass is 350 g/mol. The molecule has 0 radical (unpaired) electrons. The molecule has 1 aliphatic heterocycles. The Balaban J connectivity index is 0. The van der Waals surface area contributed by atoms with Crippen molar-refractivity contribution in [2.45, 2.75) is 47.0 Å². The van der Waals surface area contributed by atoms with Crippen LogP contribution in [0, 0.1) is 17.8 Å². The summed E-state index contributed by atoms with van der Waals surface area (Å²) in [6.07, 6.45) is 6.60. The van der Waals surface area contributed by atoms with Crippen LogP contribution in [0.15, 0.2) is 37.1 Å². The van der Waals surface area contributed by atoms with Crippen LogP contribution in [0.5, 0.6) is 0 Å². The third-order valence-corrected chi connectivity index (χ3v) is 4.23. The summed E-state index contributed by atoms with van der Waals surface area (Å²) in [5.74, 6) is -1.24. The number of allylic oxidation sites excluding steroid dienone is 3. The van der Waals surface area contributed by atoms with Crippen LogP contribution in [-0.2, 0) is 14.4 Å². The molecule has 5 heteroatoms. The van der Waals surface area contributed by atoms with Gasteiger partial charge in [-0.2, -0.15) is 0 Å². The number of hydrogen-bond donors (Lipinski definition) is 1. The molecule has 1 aliphatic carbocycles.